The van der Waals surface area contributed by atoms with Crippen molar-refractivity contribution in [3.63, 3.8) is 0 Å². The molecule has 1 unspecified atom stereocenters. The number of hydrogen-bond acceptors (Lipinski definition) is 3. The van der Waals surface area contributed by atoms with Crippen molar-refractivity contribution < 1.29 is 9.21 Å². The average molecular weight is 319 g/mol. The Kier molecular flexibility index (Phi) is 3.45. The molecule has 0 saturated heterocycles. The molecule has 3 aromatic rings. The molecule has 0 spiro atoms. The highest BCUT2D eigenvalue weighted by Gasteiger charge is 2.24. The van der Waals surface area contributed by atoms with Crippen molar-refractivity contribution in [2.45, 2.75) is 25.8 Å². The van der Waals surface area contributed by atoms with Gasteiger partial charge in [-0.1, -0.05) is 35.9 Å². The summed E-state index contributed by atoms with van der Waals surface area (Å²) in [7, 11) is 0. The Morgan fingerprint density at radius 2 is 2.00 bits per heavy atom. The molecule has 0 aliphatic heterocycles. The number of hydrogen-bond donors (Lipinski definition) is 1. The maximum atomic E-state index is 12.5. The van der Waals surface area contributed by atoms with Crippen LogP contribution in [-0.2, 0) is 6.42 Å². The maximum absolute atomic E-state index is 12.5. The molecule has 4 heteroatoms. The van der Waals surface area contributed by atoms with Crippen LogP contribution in [0, 0.1) is 6.92 Å². The van der Waals surface area contributed by atoms with Crippen LogP contribution in [-0.4, -0.2) is 5.91 Å². The van der Waals surface area contributed by atoms with Gasteiger partial charge in [0.05, 0.1) is 11.4 Å². The SMILES string of the molecule is Cc1ccc2oc(C(=O)NC3CCc4ccccc43)cc(=O)c2c1. The summed E-state index contributed by atoms with van der Waals surface area (Å²) in [4.78, 5) is 24.8. The third kappa shape index (κ3) is 2.50. The fourth-order valence-corrected chi connectivity index (χ4v) is 3.32. The van der Waals surface area contributed by atoms with Crippen LogP contribution in [0.4, 0.5) is 0 Å². The molecule has 2 aromatic carbocycles. The van der Waals surface area contributed by atoms with Crippen LogP contribution in [0.25, 0.3) is 11.0 Å². The Balaban J connectivity index is 1.65. The molecule has 1 aliphatic rings. The van der Waals surface area contributed by atoms with Crippen LogP contribution in [0.1, 0.15) is 39.7 Å². The Hall–Kier alpha value is -2.88. The van der Waals surface area contributed by atoms with Crippen molar-refractivity contribution in [2.75, 3.05) is 0 Å². The molecule has 4 rings (SSSR count). The van der Waals surface area contributed by atoms with E-state index in [-0.39, 0.29) is 23.1 Å². The molecule has 4 nitrogen and oxygen atoms in total. The van der Waals surface area contributed by atoms with Crippen molar-refractivity contribution in [3.8, 4) is 0 Å². The standard InChI is InChI=1S/C20H17NO3/c1-12-6-9-18-15(10-12)17(22)11-19(24-18)20(23)21-16-8-7-13-4-2-3-5-14(13)16/h2-6,9-11,16H,7-8H2,1H3,(H,21,23). The van der Waals surface area contributed by atoms with Gasteiger partial charge in [0.1, 0.15) is 5.58 Å². The minimum atomic E-state index is -0.351. The number of amides is 1. The fourth-order valence-electron chi connectivity index (χ4n) is 3.32. The van der Waals surface area contributed by atoms with E-state index in [2.05, 4.69) is 11.4 Å². The van der Waals surface area contributed by atoms with E-state index in [4.69, 9.17) is 4.42 Å². The number of carbonyl (C=O) groups is 1. The molecule has 0 saturated carbocycles. The summed E-state index contributed by atoms with van der Waals surface area (Å²) < 4.78 is 5.65. The quantitative estimate of drug-likeness (QED) is 0.786. The zero-order valence-electron chi connectivity index (χ0n) is 13.3. The average Bonchev–Trinajstić information content (AvgIpc) is 2.98. The van der Waals surface area contributed by atoms with Gasteiger partial charge in [-0.3, -0.25) is 9.59 Å². The van der Waals surface area contributed by atoms with Crippen LogP contribution in [0.2, 0.25) is 0 Å². The molecule has 0 fully saturated rings. The van der Waals surface area contributed by atoms with Crippen LogP contribution in [0.3, 0.4) is 0 Å². The van der Waals surface area contributed by atoms with Crippen LogP contribution < -0.4 is 10.7 Å². The largest absolute Gasteiger partial charge is 0.451 e. The zero-order chi connectivity index (χ0) is 16.7. The Bertz CT molecular complexity index is 1000. The minimum absolute atomic E-state index is 0.0345. The van der Waals surface area contributed by atoms with E-state index in [1.165, 1.54) is 11.6 Å². The second-order valence-corrected chi connectivity index (χ2v) is 6.24. The summed E-state index contributed by atoms with van der Waals surface area (Å²) in [5.41, 5.74) is 3.62. The smallest absolute Gasteiger partial charge is 0.287 e. The van der Waals surface area contributed by atoms with Gasteiger partial charge in [0.25, 0.3) is 5.91 Å². The van der Waals surface area contributed by atoms with E-state index in [0.717, 1.165) is 24.0 Å². The molecule has 24 heavy (non-hydrogen) atoms. The van der Waals surface area contributed by atoms with Gasteiger partial charge in [-0.05, 0) is 43.0 Å². The molecule has 1 N–H and O–H groups in total. The van der Waals surface area contributed by atoms with E-state index in [1.54, 1.807) is 12.1 Å². The number of benzene rings is 2. The zero-order valence-corrected chi connectivity index (χ0v) is 13.3. The molecule has 120 valence electrons. The van der Waals surface area contributed by atoms with Gasteiger partial charge in [-0.2, -0.15) is 0 Å². The van der Waals surface area contributed by atoms with Crippen molar-refractivity contribution in [1.29, 1.82) is 0 Å². The van der Waals surface area contributed by atoms with Gasteiger partial charge in [0.2, 0.25) is 0 Å². The Morgan fingerprint density at radius 1 is 1.17 bits per heavy atom. The van der Waals surface area contributed by atoms with Crippen molar-refractivity contribution in [3.05, 3.63) is 81.2 Å². The molecule has 1 amide bonds. The summed E-state index contributed by atoms with van der Waals surface area (Å²) >= 11 is 0. The molecular formula is C20H17NO3. The molecule has 1 heterocycles. The lowest BCUT2D eigenvalue weighted by Crippen LogP contribution is -2.27. The van der Waals surface area contributed by atoms with Crippen molar-refractivity contribution in [2.24, 2.45) is 0 Å². The van der Waals surface area contributed by atoms with E-state index >= 15 is 0 Å². The third-order valence-electron chi connectivity index (χ3n) is 4.54. The third-order valence-corrected chi connectivity index (χ3v) is 4.54. The lowest BCUT2D eigenvalue weighted by Gasteiger charge is -2.13. The molecule has 1 aliphatic carbocycles. The summed E-state index contributed by atoms with van der Waals surface area (Å²) in [6.07, 6.45) is 1.81. The van der Waals surface area contributed by atoms with Crippen molar-refractivity contribution >= 4 is 16.9 Å². The lowest BCUT2D eigenvalue weighted by atomic mass is 10.1. The monoisotopic (exact) mass is 319 g/mol. The molecule has 0 radical (unpaired) electrons. The van der Waals surface area contributed by atoms with Crippen molar-refractivity contribution in [1.82, 2.24) is 5.32 Å². The highest BCUT2D eigenvalue weighted by atomic mass is 16.3. The van der Waals surface area contributed by atoms with Gasteiger partial charge >= 0.3 is 0 Å². The van der Waals surface area contributed by atoms with Crippen LogP contribution in [0.5, 0.6) is 0 Å². The van der Waals surface area contributed by atoms with E-state index in [1.807, 2.05) is 31.2 Å². The highest BCUT2D eigenvalue weighted by molar-refractivity contribution is 5.93. The Morgan fingerprint density at radius 3 is 2.88 bits per heavy atom. The first-order chi connectivity index (χ1) is 11.6. The number of aryl methyl sites for hydroxylation is 2. The van der Waals surface area contributed by atoms with Gasteiger partial charge in [-0.15, -0.1) is 0 Å². The molecular weight excluding hydrogens is 302 g/mol. The number of rotatable bonds is 2. The normalized spacial score (nSPS) is 16.1. The predicted molar refractivity (Wildman–Crippen MR) is 92.2 cm³/mol. The van der Waals surface area contributed by atoms with E-state index in [0.29, 0.717) is 11.0 Å². The van der Waals surface area contributed by atoms with E-state index < -0.39 is 0 Å². The maximum Gasteiger partial charge on any atom is 0.287 e. The van der Waals surface area contributed by atoms with Crippen LogP contribution in [0.15, 0.2) is 57.7 Å². The minimum Gasteiger partial charge on any atom is -0.451 e. The first-order valence-corrected chi connectivity index (χ1v) is 8.05. The first-order valence-electron chi connectivity index (χ1n) is 8.05. The molecule has 1 atom stereocenters. The summed E-state index contributed by atoms with van der Waals surface area (Å²) in [6, 6.07) is 14.7. The second kappa shape index (κ2) is 5.64. The summed E-state index contributed by atoms with van der Waals surface area (Å²) in [6.45, 7) is 1.91. The summed E-state index contributed by atoms with van der Waals surface area (Å²) in [5.74, 6) is -0.294. The van der Waals surface area contributed by atoms with Gasteiger partial charge in [0, 0.05) is 6.07 Å². The number of fused-ring (bicyclic) bond motifs is 2. The predicted octanol–water partition coefficient (Wildman–Crippen LogP) is 3.52. The number of nitrogens with one attached hydrogen (secondary N) is 1. The lowest BCUT2D eigenvalue weighted by molar-refractivity contribution is 0.0909. The Labute approximate surface area is 139 Å². The van der Waals surface area contributed by atoms with Crippen LogP contribution >= 0.6 is 0 Å². The molecule has 1 aromatic heterocycles. The summed E-state index contributed by atoms with van der Waals surface area (Å²) in [5, 5.41) is 3.48. The first kappa shape index (κ1) is 14.7. The number of carbonyl (C=O) groups excluding carboxylic acids is 1. The molecule has 0 bridgehead atoms. The van der Waals surface area contributed by atoms with E-state index in [9.17, 15) is 9.59 Å². The topological polar surface area (TPSA) is 59.3 Å². The van der Waals surface area contributed by atoms with Gasteiger partial charge in [0.15, 0.2) is 11.2 Å². The second-order valence-electron chi connectivity index (χ2n) is 6.24. The fraction of sp³-hybridized carbons (Fsp3) is 0.200. The van der Waals surface area contributed by atoms with Gasteiger partial charge < -0.3 is 9.73 Å². The highest BCUT2D eigenvalue weighted by Crippen LogP contribution is 2.30. The van der Waals surface area contributed by atoms with Gasteiger partial charge in [-0.25, -0.2) is 0 Å².